The lowest BCUT2D eigenvalue weighted by Gasteiger charge is -2.17. The number of hydrogen-bond acceptors (Lipinski definition) is 2. The van der Waals surface area contributed by atoms with Crippen LogP contribution in [0.5, 0.6) is 11.5 Å². The summed E-state index contributed by atoms with van der Waals surface area (Å²) in [4.78, 5) is 11.0. The van der Waals surface area contributed by atoms with Gasteiger partial charge in [0, 0.05) is 0 Å². The molecule has 2 heteroatoms. The normalized spacial score (nSPS) is 13.7. The standard InChI is InChI=1S/C17H16O2/c18-12-15-7-3-4-8-17(15)19-16-10-9-13-5-1-2-6-14(13)11-16/h3-4,7-12H,1-2,5-6H2. The van der Waals surface area contributed by atoms with Crippen LogP contribution in [-0.4, -0.2) is 6.29 Å². The summed E-state index contributed by atoms with van der Waals surface area (Å²) in [5, 5.41) is 0. The SMILES string of the molecule is O=Cc1ccccc1Oc1ccc2c(c1)CCCC2. The molecule has 0 spiro atoms. The molecule has 0 radical (unpaired) electrons. The molecule has 0 unspecified atom stereocenters. The molecule has 96 valence electrons. The van der Waals surface area contributed by atoms with Crippen molar-refractivity contribution < 1.29 is 9.53 Å². The second-order valence-electron chi connectivity index (χ2n) is 4.90. The second kappa shape index (κ2) is 5.27. The van der Waals surface area contributed by atoms with E-state index < -0.39 is 0 Å². The van der Waals surface area contributed by atoms with Crippen LogP contribution in [0.4, 0.5) is 0 Å². The summed E-state index contributed by atoms with van der Waals surface area (Å²) in [6, 6.07) is 13.5. The van der Waals surface area contributed by atoms with Gasteiger partial charge < -0.3 is 4.74 Å². The quantitative estimate of drug-likeness (QED) is 0.766. The molecule has 1 aliphatic carbocycles. The van der Waals surface area contributed by atoms with Gasteiger partial charge in [-0.2, -0.15) is 0 Å². The van der Waals surface area contributed by atoms with Gasteiger partial charge in [-0.25, -0.2) is 0 Å². The van der Waals surface area contributed by atoms with Gasteiger partial charge in [-0.1, -0.05) is 18.2 Å². The maximum atomic E-state index is 11.0. The summed E-state index contributed by atoms with van der Waals surface area (Å²) in [7, 11) is 0. The third-order valence-corrected chi connectivity index (χ3v) is 3.59. The number of carbonyl (C=O) groups excluding carboxylic acids is 1. The Hall–Kier alpha value is -2.09. The highest BCUT2D eigenvalue weighted by Gasteiger charge is 2.11. The van der Waals surface area contributed by atoms with Crippen LogP contribution in [-0.2, 0) is 12.8 Å². The molecule has 0 saturated heterocycles. The lowest BCUT2D eigenvalue weighted by atomic mass is 9.92. The Balaban J connectivity index is 1.89. The topological polar surface area (TPSA) is 26.3 Å². The van der Waals surface area contributed by atoms with E-state index in [1.54, 1.807) is 6.07 Å². The Morgan fingerprint density at radius 3 is 2.58 bits per heavy atom. The molecule has 2 nitrogen and oxygen atoms in total. The Morgan fingerprint density at radius 2 is 1.74 bits per heavy atom. The predicted octanol–water partition coefficient (Wildman–Crippen LogP) is 4.17. The molecule has 19 heavy (non-hydrogen) atoms. The summed E-state index contributed by atoms with van der Waals surface area (Å²) in [5.74, 6) is 1.43. The van der Waals surface area contributed by atoms with Crippen molar-refractivity contribution in [2.45, 2.75) is 25.7 Å². The Labute approximate surface area is 113 Å². The molecular weight excluding hydrogens is 236 g/mol. The highest BCUT2D eigenvalue weighted by molar-refractivity contribution is 5.79. The number of carbonyl (C=O) groups is 1. The van der Waals surface area contributed by atoms with Crippen molar-refractivity contribution in [2.24, 2.45) is 0 Å². The lowest BCUT2D eigenvalue weighted by molar-refractivity contribution is 0.112. The van der Waals surface area contributed by atoms with E-state index in [1.165, 1.54) is 30.4 Å². The fraction of sp³-hybridized carbons (Fsp3) is 0.235. The van der Waals surface area contributed by atoms with Crippen molar-refractivity contribution in [1.82, 2.24) is 0 Å². The lowest BCUT2D eigenvalue weighted by Crippen LogP contribution is -2.02. The van der Waals surface area contributed by atoms with E-state index in [9.17, 15) is 4.79 Å². The van der Waals surface area contributed by atoms with Crippen molar-refractivity contribution >= 4 is 6.29 Å². The first-order chi connectivity index (χ1) is 9.36. The predicted molar refractivity (Wildman–Crippen MR) is 75.0 cm³/mol. The monoisotopic (exact) mass is 252 g/mol. The van der Waals surface area contributed by atoms with Gasteiger partial charge in [0.15, 0.2) is 6.29 Å². The second-order valence-corrected chi connectivity index (χ2v) is 4.90. The number of rotatable bonds is 3. The van der Waals surface area contributed by atoms with Crippen LogP contribution in [0, 0.1) is 0 Å². The first kappa shape index (κ1) is 12.0. The maximum absolute atomic E-state index is 11.0. The zero-order valence-electron chi connectivity index (χ0n) is 10.8. The van der Waals surface area contributed by atoms with E-state index in [2.05, 4.69) is 12.1 Å². The molecule has 0 atom stereocenters. The smallest absolute Gasteiger partial charge is 0.153 e. The minimum atomic E-state index is 0.584. The zero-order chi connectivity index (χ0) is 13.1. The number of benzene rings is 2. The van der Waals surface area contributed by atoms with Crippen molar-refractivity contribution in [3.05, 3.63) is 59.2 Å². The zero-order valence-corrected chi connectivity index (χ0v) is 10.8. The van der Waals surface area contributed by atoms with Gasteiger partial charge in [-0.05, 0) is 61.1 Å². The Kier molecular flexibility index (Phi) is 3.32. The molecule has 0 amide bonds. The maximum Gasteiger partial charge on any atom is 0.153 e. The van der Waals surface area contributed by atoms with Crippen LogP contribution in [0.25, 0.3) is 0 Å². The molecule has 2 aromatic carbocycles. The number of aryl methyl sites for hydroxylation is 2. The summed E-state index contributed by atoms with van der Waals surface area (Å²) >= 11 is 0. The number of para-hydroxylation sites is 1. The Bertz CT molecular complexity index is 602. The fourth-order valence-corrected chi connectivity index (χ4v) is 2.57. The van der Waals surface area contributed by atoms with Crippen molar-refractivity contribution in [3.8, 4) is 11.5 Å². The van der Waals surface area contributed by atoms with Crippen LogP contribution in [0.1, 0.15) is 34.3 Å². The van der Waals surface area contributed by atoms with Crippen LogP contribution in [0.15, 0.2) is 42.5 Å². The van der Waals surface area contributed by atoms with Gasteiger partial charge >= 0.3 is 0 Å². The molecule has 2 aromatic rings. The third kappa shape index (κ3) is 2.53. The average molecular weight is 252 g/mol. The van der Waals surface area contributed by atoms with Gasteiger partial charge in [0.1, 0.15) is 11.5 Å². The molecule has 0 fully saturated rings. The van der Waals surface area contributed by atoms with Crippen LogP contribution in [0.2, 0.25) is 0 Å². The fourth-order valence-electron chi connectivity index (χ4n) is 2.57. The molecule has 0 aliphatic heterocycles. The van der Waals surface area contributed by atoms with Crippen LogP contribution in [0.3, 0.4) is 0 Å². The minimum absolute atomic E-state index is 0.584. The van der Waals surface area contributed by atoms with Gasteiger partial charge in [0.05, 0.1) is 5.56 Å². The Morgan fingerprint density at radius 1 is 0.947 bits per heavy atom. The number of fused-ring (bicyclic) bond motifs is 1. The van der Waals surface area contributed by atoms with E-state index in [0.29, 0.717) is 11.3 Å². The molecule has 0 aromatic heterocycles. The largest absolute Gasteiger partial charge is 0.457 e. The van der Waals surface area contributed by atoms with E-state index in [1.807, 2.05) is 24.3 Å². The van der Waals surface area contributed by atoms with Gasteiger partial charge in [-0.3, -0.25) is 4.79 Å². The first-order valence-corrected chi connectivity index (χ1v) is 6.71. The van der Waals surface area contributed by atoms with E-state index >= 15 is 0 Å². The van der Waals surface area contributed by atoms with Gasteiger partial charge in [0.25, 0.3) is 0 Å². The number of hydrogen-bond donors (Lipinski definition) is 0. The number of aldehydes is 1. The highest BCUT2D eigenvalue weighted by atomic mass is 16.5. The van der Waals surface area contributed by atoms with Crippen molar-refractivity contribution in [3.63, 3.8) is 0 Å². The minimum Gasteiger partial charge on any atom is -0.457 e. The summed E-state index contributed by atoms with van der Waals surface area (Å²) in [6.45, 7) is 0. The third-order valence-electron chi connectivity index (χ3n) is 3.59. The number of ether oxygens (including phenoxy) is 1. The van der Waals surface area contributed by atoms with E-state index in [4.69, 9.17) is 4.74 Å². The molecule has 0 saturated carbocycles. The molecule has 1 aliphatic rings. The average Bonchev–Trinajstić information content (AvgIpc) is 2.48. The summed E-state index contributed by atoms with van der Waals surface area (Å²) in [6.07, 6.45) is 5.65. The first-order valence-electron chi connectivity index (χ1n) is 6.71. The van der Waals surface area contributed by atoms with Gasteiger partial charge in [0.2, 0.25) is 0 Å². The van der Waals surface area contributed by atoms with E-state index in [0.717, 1.165) is 18.5 Å². The van der Waals surface area contributed by atoms with E-state index in [-0.39, 0.29) is 0 Å². The highest BCUT2D eigenvalue weighted by Crippen LogP contribution is 2.29. The molecule has 0 bridgehead atoms. The van der Waals surface area contributed by atoms with Crippen LogP contribution >= 0.6 is 0 Å². The summed E-state index contributed by atoms with van der Waals surface area (Å²) < 4.78 is 5.84. The van der Waals surface area contributed by atoms with Crippen molar-refractivity contribution in [2.75, 3.05) is 0 Å². The molecular formula is C17H16O2. The van der Waals surface area contributed by atoms with Crippen molar-refractivity contribution in [1.29, 1.82) is 0 Å². The molecule has 3 rings (SSSR count). The van der Waals surface area contributed by atoms with Gasteiger partial charge in [-0.15, -0.1) is 0 Å². The molecule has 0 N–H and O–H groups in total. The summed E-state index contributed by atoms with van der Waals surface area (Å²) in [5.41, 5.74) is 3.40. The van der Waals surface area contributed by atoms with Crippen LogP contribution < -0.4 is 4.74 Å². The molecule has 0 heterocycles.